The van der Waals surface area contributed by atoms with Gasteiger partial charge >= 0.3 is 0 Å². The second kappa shape index (κ2) is 6.76. The van der Waals surface area contributed by atoms with Crippen molar-refractivity contribution in [1.29, 1.82) is 0 Å². The lowest BCUT2D eigenvalue weighted by Gasteiger charge is -2.16. The minimum Gasteiger partial charge on any atom is -0.497 e. The molecule has 1 aliphatic heterocycles. The van der Waals surface area contributed by atoms with Crippen LogP contribution in [-0.4, -0.2) is 52.0 Å². The van der Waals surface area contributed by atoms with Crippen molar-refractivity contribution in [1.82, 2.24) is 19.9 Å². The quantitative estimate of drug-likeness (QED) is 0.768. The lowest BCUT2D eigenvalue weighted by atomic mass is 9.95. The second-order valence-corrected chi connectivity index (χ2v) is 6.56. The minimum absolute atomic E-state index is 0.0169. The van der Waals surface area contributed by atoms with Gasteiger partial charge in [-0.25, -0.2) is 0 Å². The Hall–Kier alpha value is -2.93. The molecule has 1 aliphatic rings. The maximum Gasteiger partial charge on any atom is 0.246 e. The molecule has 2 atom stereocenters. The first-order valence-electron chi connectivity index (χ1n) is 8.61. The molecule has 1 fully saturated rings. The molecule has 1 amide bonds. The Kier molecular flexibility index (Phi) is 4.30. The lowest BCUT2D eigenvalue weighted by molar-refractivity contribution is -0.131. The molecule has 1 aromatic heterocycles. The van der Waals surface area contributed by atoms with Crippen LogP contribution in [0, 0.1) is 0 Å². The van der Waals surface area contributed by atoms with Crippen LogP contribution in [0.1, 0.15) is 11.5 Å². The Labute approximate surface area is 151 Å². The van der Waals surface area contributed by atoms with E-state index in [9.17, 15) is 4.79 Å². The average Bonchev–Trinajstić information content (AvgIpc) is 3.24. The molecule has 3 aromatic rings. The van der Waals surface area contributed by atoms with Gasteiger partial charge in [0.15, 0.2) is 0 Å². The number of fused-ring (bicyclic) bond motifs is 1. The molecule has 0 radical (unpaired) electrons. The van der Waals surface area contributed by atoms with E-state index in [2.05, 4.69) is 10.2 Å². The number of rotatable bonds is 4. The van der Waals surface area contributed by atoms with Crippen LogP contribution in [-0.2, 0) is 11.3 Å². The molecule has 0 aliphatic carbocycles. The fraction of sp³-hybridized carbons (Fsp3) is 0.316. The van der Waals surface area contributed by atoms with Crippen LogP contribution in [0.25, 0.3) is 11.0 Å². The van der Waals surface area contributed by atoms with Gasteiger partial charge in [-0.2, -0.15) is 15.0 Å². The summed E-state index contributed by atoms with van der Waals surface area (Å²) >= 11 is 0. The normalized spacial score (nSPS) is 19.8. The predicted molar refractivity (Wildman–Crippen MR) is 97.8 cm³/mol. The van der Waals surface area contributed by atoms with Crippen molar-refractivity contribution in [2.24, 2.45) is 5.73 Å². The molecular weight excluding hydrogens is 330 g/mol. The Balaban J connectivity index is 1.45. The van der Waals surface area contributed by atoms with E-state index in [1.54, 1.807) is 12.0 Å². The Bertz CT molecular complexity index is 888. The highest BCUT2D eigenvalue weighted by Crippen LogP contribution is 2.28. The molecule has 7 heteroatoms. The molecule has 0 saturated carbocycles. The maximum absolute atomic E-state index is 12.7. The zero-order valence-electron chi connectivity index (χ0n) is 14.6. The molecule has 0 spiro atoms. The second-order valence-electron chi connectivity index (χ2n) is 6.56. The number of carbonyl (C=O) groups is 1. The third-order valence-corrected chi connectivity index (χ3v) is 4.87. The monoisotopic (exact) mass is 351 g/mol. The van der Waals surface area contributed by atoms with Gasteiger partial charge in [0.1, 0.15) is 23.3 Å². The first-order valence-corrected chi connectivity index (χ1v) is 8.61. The SMILES string of the molecule is COc1ccc([C@H]2CN(C(=O)Cn3nc4ccccc4n3)C[C@@H]2N)cc1. The maximum atomic E-state index is 12.7. The zero-order valence-corrected chi connectivity index (χ0v) is 14.6. The summed E-state index contributed by atoms with van der Waals surface area (Å²) in [6.45, 7) is 1.26. The molecule has 1 saturated heterocycles. The molecule has 0 bridgehead atoms. The molecule has 134 valence electrons. The fourth-order valence-corrected chi connectivity index (χ4v) is 3.43. The highest BCUT2D eigenvalue weighted by atomic mass is 16.5. The van der Waals surface area contributed by atoms with Crippen LogP contribution in [0.4, 0.5) is 0 Å². The molecular formula is C19H21N5O2. The highest BCUT2D eigenvalue weighted by molar-refractivity contribution is 5.77. The summed E-state index contributed by atoms with van der Waals surface area (Å²) < 4.78 is 5.20. The number of carbonyl (C=O) groups excluding carboxylic acids is 1. The van der Waals surface area contributed by atoms with Crippen LogP contribution in [0.2, 0.25) is 0 Å². The van der Waals surface area contributed by atoms with Crippen LogP contribution in [0.15, 0.2) is 48.5 Å². The number of hydrogen-bond acceptors (Lipinski definition) is 5. The topological polar surface area (TPSA) is 86.3 Å². The number of likely N-dealkylation sites (tertiary alicyclic amines) is 1. The van der Waals surface area contributed by atoms with Crippen LogP contribution >= 0.6 is 0 Å². The van der Waals surface area contributed by atoms with Gasteiger partial charge < -0.3 is 15.4 Å². The summed E-state index contributed by atoms with van der Waals surface area (Å²) in [6, 6.07) is 15.4. The Morgan fingerprint density at radius 3 is 2.38 bits per heavy atom. The van der Waals surface area contributed by atoms with Crippen molar-refractivity contribution in [3.05, 3.63) is 54.1 Å². The number of ether oxygens (including phenoxy) is 1. The van der Waals surface area contributed by atoms with Gasteiger partial charge in [-0.1, -0.05) is 24.3 Å². The third kappa shape index (κ3) is 3.13. The van der Waals surface area contributed by atoms with Crippen LogP contribution < -0.4 is 10.5 Å². The van der Waals surface area contributed by atoms with Crippen molar-refractivity contribution in [2.75, 3.05) is 20.2 Å². The van der Waals surface area contributed by atoms with Crippen molar-refractivity contribution in [2.45, 2.75) is 18.5 Å². The van der Waals surface area contributed by atoms with E-state index in [1.165, 1.54) is 4.80 Å². The lowest BCUT2D eigenvalue weighted by Crippen LogP contribution is -2.34. The van der Waals surface area contributed by atoms with Gasteiger partial charge in [-0.3, -0.25) is 4.79 Å². The van der Waals surface area contributed by atoms with Gasteiger partial charge in [0.05, 0.1) is 7.11 Å². The summed E-state index contributed by atoms with van der Waals surface area (Å²) in [4.78, 5) is 15.9. The number of hydrogen-bond donors (Lipinski definition) is 1. The van der Waals surface area contributed by atoms with Gasteiger partial charge in [-0.05, 0) is 29.8 Å². The average molecular weight is 351 g/mol. The van der Waals surface area contributed by atoms with Gasteiger partial charge in [-0.15, -0.1) is 0 Å². The third-order valence-electron chi connectivity index (χ3n) is 4.87. The number of aromatic nitrogens is 3. The van der Waals surface area contributed by atoms with E-state index >= 15 is 0 Å². The van der Waals surface area contributed by atoms with Crippen molar-refractivity contribution < 1.29 is 9.53 Å². The molecule has 26 heavy (non-hydrogen) atoms. The number of benzene rings is 2. The standard InChI is InChI=1S/C19H21N5O2/c1-26-14-8-6-13(7-9-14)15-10-23(11-16(15)20)19(25)12-24-21-17-4-2-3-5-18(17)22-24/h2-9,15-16H,10-12,20H2,1H3/t15-,16+/m1/s1. The summed E-state index contributed by atoms with van der Waals surface area (Å²) in [7, 11) is 1.64. The molecule has 2 N–H and O–H groups in total. The zero-order chi connectivity index (χ0) is 18.1. The van der Waals surface area contributed by atoms with E-state index in [1.807, 2.05) is 48.5 Å². The molecule has 4 rings (SSSR count). The molecule has 2 aromatic carbocycles. The number of methoxy groups -OCH3 is 1. The van der Waals surface area contributed by atoms with E-state index in [0.717, 1.165) is 22.3 Å². The number of nitrogens with two attached hydrogens (primary N) is 1. The number of nitrogens with zero attached hydrogens (tertiary/aromatic N) is 4. The Morgan fingerprint density at radius 2 is 1.77 bits per heavy atom. The Morgan fingerprint density at radius 1 is 1.12 bits per heavy atom. The predicted octanol–water partition coefficient (Wildman–Crippen LogP) is 1.39. The van der Waals surface area contributed by atoms with Gasteiger partial charge in [0.25, 0.3) is 0 Å². The largest absolute Gasteiger partial charge is 0.497 e. The first kappa shape index (κ1) is 16.5. The van der Waals surface area contributed by atoms with Crippen molar-refractivity contribution in [3.8, 4) is 5.75 Å². The smallest absolute Gasteiger partial charge is 0.246 e. The van der Waals surface area contributed by atoms with Gasteiger partial charge in [0.2, 0.25) is 5.91 Å². The van der Waals surface area contributed by atoms with Gasteiger partial charge in [0, 0.05) is 25.0 Å². The van der Waals surface area contributed by atoms with E-state index in [4.69, 9.17) is 10.5 Å². The van der Waals surface area contributed by atoms with Crippen molar-refractivity contribution in [3.63, 3.8) is 0 Å². The molecule has 0 unspecified atom stereocenters. The molecule has 7 nitrogen and oxygen atoms in total. The van der Waals surface area contributed by atoms with Crippen molar-refractivity contribution >= 4 is 16.9 Å². The summed E-state index contributed by atoms with van der Waals surface area (Å²) in [6.07, 6.45) is 0. The first-order chi connectivity index (χ1) is 12.6. The highest BCUT2D eigenvalue weighted by Gasteiger charge is 2.34. The minimum atomic E-state index is -0.0861. The summed E-state index contributed by atoms with van der Waals surface area (Å²) in [5, 5.41) is 8.70. The number of amides is 1. The van der Waals surface area contributed by atoms with E-state index in [0.29, 0.717) is 13.1 Å². The fourth-order valence-electron chi connectivity index (χ4n) is 3.43. The van der Waals surface area contributed by atoms with Crippen LogP contribution in [0.5, 0.6) is 5.75 Å². The van der Waals surface area contributed by atoms with E-state index < -0.39 is 0 Å². The van der Waals surface area contributed by atoms with Crippen LogP contribution in [0.3, 0.4) is 0 Å². The summed E-state index contributed by atoms with van der Waals surface area (Å²) in [5.41, 5.74) is 9.00. The molecule has 2 heterocycles. The summed E-state index contributed by atoms with van der Waals surface area (Å²) in [5.74, 6) is 0.913. The van der Waals surface area contributed by atoms with E-state index in [-0.39, 0.29) is 24.4 Å².